The fourth-order valence-corrected chi connectivity index (χ4v) is 3.49. The summed E-state index contributed by atoms with van der Waals surface area (Å²) in [6, 6.07) is 9.47. The summed E-state index contributed by atoms with van der Waals surface area (Å²) in [5, 5.41) is 1.05. The lowest BCUT2D eigenvalue weighted by molar-refractivity contribution is 0.254. The number of aryl methyl sites for hydroxylation is 1. The number of nitrogens with zero attached hydrogens (tertiary/aromatic N) is 3. The Balaban J connectivity index is 1.71. The van der Waals surface area contributed by atoms with Crippen LogP contribution in [0.25, 0.3) is 11.0 Å². The number of aromatic nitrogens is 1. The van der Waals surface area contributed by atoms with E-state index in [1.165, 1.54) is 11.1 Å². The Bertz CT molecular complexity index is 936. The molecule has 0 saturated heterocycles. The molecule has 0 radical (unpaired) electrons. The lowest BCUT2D eigenvalue weighted by atomic mass is 10.1. The molecule has 2 N–H and O–H groups in total. The predicted molar refractivity (Wildman–Crippen MR) is 113 cm³/mol. The zero-order valence-corrected chi connectivity index (χ0v) is 16.8. The van der Waals surface area contributed by atoms with E-state index in [0.717, 1.165) is 48.3 Å². The van der Waals surface area contributed by atoms with Gasteiger partial charge in [-0.25, -0.2) is 4.79 Å². The largest absolute Gasteiger partial charge is 0.461 e. The molecule has 0 spiro atoms. The van der Waals surface area contributed by atoms with Crippen LogP contribution in [0.15, 0.2) is 47.1 Å². The molecule has 0 fully saturated rings. The van der Waals surface area contributed by atoms with Gasteiger partial charge in [-0.15, -0.1) is 0 Å². The van der Waals surface area contributed by atoms with Crippen LogP contribution < -0.4 is 10.6 Å². The van der Waals surface area contributed by atoms with Crippen molar-refractivity contribution in [2.45, 2.75) is 26.7 Å². The number of rotatable bonds is 8. The maximum Gasteiger partial charge on any atom is 0.319 e. The number of furan rings is 1. The van der Waals surface area contributed by atoms with Gasteiger partial charge in [-0.2, -0.15) is 0 Å². The zero-order chi connectivity index (χ0) is 20.1. The first-order chi connectivity index (χ1) is 13.5. The molecule has 3 aromatic rings. The Morgan fingerprint density at radius 2 is 1.86 bits per heavy atom. The summed E-state index contributed by atoms with van der Waals surface area (Å²) in [4.78, 5) is 19.6. The van der Waals surface area contributed by atoms with Gasteiger partial charge < -0.3 is 15.1 Å². The van der Waals surface area contributed by atoms with E-state index in [1.54, 1.807) is 4.90 Å². The summed E-state index contributed by atoms with van der Waals surface area (Å²) in [7, 11) is 2.14. The second-order valence-electron chi connectivity index (χ2n) is 7.06. The molecular formula is C22H28N4O2. The highest BCUT2D eigenvalue weighted by atomic mass is 16.3. The number of carbonyl (C=O) groups excluding carboxylic acids is 1. The standard InChI is InChI=1S/C22H28N4O2/c1-4-26(22(23)27)18-5-6-21-20(15-18)19(16(2)28-21)10-14-25(3)13-9-17-7-11-24-12-8-17/h5-8,11-12,15H,4,9-10,13-14H2,1-3H3,(H2,23,27). The topological polar surface area (TPSA) is 75.6 Å². The fraction of sp³-hybridized carbons (Fsp3) is 0.364. The number of hydrogen-bond acceptors (Lipinski definition) is 4. The van der Waals surface area contributed by atoms with Crippen LogP contribution in [0.1, 0.15) is 23.8 Å². The van der Waals surface area contributed by atoms with Gasteiger partial charge in [0, 0.05) is 48.7 Å². The molecule has 6 nitrogen and oxygen atoms in total. The Kier molecular flexibility index (Phi) is 6.31. The van der Waals surface area contributed by atoms with E-state index in [2.05, 4.69) is 29.1 Å². The molecule has 2 aromatic heterocycles. The van der Waals surface area contributed by atoms with Crippen molar-refractivity contribution >= 4 is 22.7 Å². The Labute approximate surface area is 165 Å². The summed E-state index contributed by atoms with van der Waals surface area (Å²) in [5.41, 5.74) is 9.63. The summed E-state index contributed by atoms with van der Waals surface area (Å²) in [5.74, 6) is 0.928. The molecule has 0 saturated carbocycles. The first-order valence-corrected chi connectivity index (χ1v) is 9.66. The summed E-state index contributed by atoms with van der Waals surface area (Å²) < 4.78 is 5.93. The summed E-state index contributed by atoms with van der Waals surface area (Å²) in [6.07, 6.45) is 5.55. The van der Waals surface area contributed by atoms with E-state index >= 15 is 0 Å². The van der Waals surface area contributed by atoms with Gasteiger partial charge in [0.05, 0.1) is 0 Å². The Morgan fingerprint density at radius 1 is 1.14 bits per heavy atom. The highest BCUT2D eigenvalue weighted by Gasteiger charge is 2.16. The van der Waals surface area contributed by atoms with Gasteiger partial charge in [0.25, 0.3) is 0 Å². The number of fused-ring (bicyclic) bond motifs is 1. The minimum atomic E-state index is -0.445. The number of carbonyl (C=O) groups is 1. The highest BCUT2D eigenvalue weighted by Crippen LogP contribution is 2.30. The average molecular weight is 380 g/mol. The smallest absolute Gasteiger partial charge is 0.319 e. The second kappa shape index (κ2) is 8.89. The van der Waals surface area contributed by atoms with Crippen LogP contribution in [0.5, 0.6) is 0 Å². The van der Waals surface area contributed by atoms with Gasteiger partial charge in [0.2, 0.25) is 0 Å². The minimum Gasteiger partial charge on any atom is -0.461 e. The van der Waals surface area contributed by atoms with E-state index in [9.17, 15) is 4.79 Å². The molecule has 2 amide bonds. The zero-order valence-electron chi connectivity index (χ0n) is 16.8. The molecule has 6 heteroatoms. The molecule has 28 heavy (non-hydrogen) atoms. The normalized spacial score (nSPS) is 11.3. The van der Waals surface area contributed by atoms with Crippen LogP contribution in [0.2, 0.25) is 0 Å². The lowest BCUT2D eigenvalue weighted by Gasteiger charge is -2.18. The number of likely N-dealkylation sites (N-methyl/N-ethyl adjacent to an activating group) is 1. The third kappa shape index (κ3) is 4.51. The van der Waals surface area contributed by atoms with E-state index in [1.807, 2.05) is 44.4 Å². The molecule has 148 valence electrons. The van der Waals surface area contributed by atoms with Crippen molar-refractivity contribution in [3.63, 3.8) is 0 Å². The molecule has 0 bridgehead atoms. The highest BCUT2D eigenvalue weighted by molar-refractivity contribution is 5.94. The Morgan fingerprint density at radius 3 is 2.54 bits per heavy atom. The van der Waals surface area contributed by atoms with Gasteiger partial charge in [-0.05, 0) is 69.6 Å². The van der Waals surface area contributed by atoms with E-state index in [0.29, 0.717) is 6.54 Å². The van der Waals surface area contributed by atoms with Crippen LogP contribution >= 0.6 is 0 Å². The van der Waals surface area contributed by atoms with Crippen molar-refractivity contribution in [3.8, 4) is 0 Å². The van der Waals surface area contributed by atoms with Crippen molar-refractivity contribution in [2.24, 2.45) is 5.73 Å². The minimum absolute atomic E-state index is 0.445. The van der Waals surface area contributed by atoms with Crippen molar-refractivity contribution in [3.05, 3.63) is 59.6 Å². The molecule has 3 rings (SSSR count). The quantitative estimate of drug-likeness (QED) is 0.646. The van der Waals surface area contributed by atoms with Gasteiger partial charge in [-0.1, -0.05) is 0 Å². The predicted octanol–water partition coefficient (Wildman–Crippen LogP) is 3.76. The van der Waals surface area contributed by atoms with Crippen LogP contribution in [-0.4, -0.2) is 42.6 Å². The van der Waals surface area contributed by atoms with Crippen molar-refractivity contribution in [1.29, 1.82) is 0 Å². The number of hydrogen-bond donors (Lipinski definition) is 1. The maximum absolute atomic E-state index is 11.7. The van der Waals surface area contributed by atoms with Crippen molar-refractivity contribution in [2.75, 3.05) is 31.6 Å². The molecule has 0 aliphatic heterocycles. The number of pyridine rings is 1. The van der Waals surface area contributed by atoms with Crippen LogP contribution in [0.4, 0.5) is 10.5 Å². The van der Waals surface area contributed by atoms with Gasteiger partial charge in [0.15, 0.2) is 0 Å². The fourth-order valence-electron chi connectivity index (χ4n) is 3.49. The van der Waals surface area contributed by atoms with E-state index in [-0.39, 0.29) is 0 Å². The first-order valence-electron chi connectivity index (χ1n) is 9.66. The average Bonchev–Trinajstić information content (AvgIpc) is 3.00. The van der Waals surface area contributed by atoms with E-state index < -0.39 is 6.03 Å². The summed E-state index contributed by atoms with van der Waals surface area (Å²) >= 11 is 0. The number of urea groups is 1. The number of anilines is 1. The van der Waals surface area contributed by atoms with Crippen LogP contribution in [0.3, 0.4) is 0 Å². The van der Waals surface area contributed by atoms with Gasteiger partial charge in [0.1, 0.15) is 11.3 Å². The van der Waals surface area contributed by atoms with Crippen LogP contribution in [-0.2, 0) is 12.8 Å². The summed E-state index contributed by atoms with van der Waals surface area (Å²) in [6.45, 7) is 6.35. The molecule has 2 heterocycles. The SMILES string of the molecule is CCN(C(N)=O)c1ccc2oc(C)c(CCN(C)CCc3ccncc3)c2c1. The third-order valence-corrected chi connectivity index (χ3v) is 5.15. The maximum atomic E-state index is 11.7. The number of benzene rings is 1. The van der Waals surface area contributed by atoms with Crippen molar-refractivity contribution in [1.82, 2.24) is 9.88 Å². The molecule has 0 aliphatic rings. The van der Waals surface area contributed by atoms with E-state index in [4.69, 9.17) is 10.2 Å². The second-order valence-corrected chi connectivity index (χ2v) is 7.06. The van der Waals surface area contributed by atoms with Crippen LogP contribution in [0, 0.1) is 6.92 Å². The molecular weight excluding hydrogens is 352 g/mol. The molecule has 0 unspecified atom stereocenters. The van der Waals surface area contributed by atoms with Gasteiger partial charge >= 0.3 is 6.03 Å². The third-order valence-electron chi connectivity index (χ3n) is 5.15. The number of nitrogens with two attached hydrogens (primary N) is 1. The number of primary amides is 1. The molecule has 0 aliphatic carbocycles. The molecule has 1 aromatic carbocycles. The number of amides is 2. The lowest BCUT2D eigenvalue weighted by Crippen LogP contribution is -2.35. The van der Waals surface area contributed by atoms with Gasteiger partial charge in [-0.3, -0.25) is 9.88 Å². The Hall–Kier alpha value is -2.86. The van der Waals surface area contributed by atoms with Crippen molar-refractivity contribution < 1.29 is 9.21 Å². The molecule has 0 atom stereocenters. The monoisotopic (exact) mass is 380 g/mol. The first kappa shape index (κ1) is 19.9.